The quantitative estimate of drug-likeness (QED) is 0.588. The fourth-order valence-corrected chi connectivity index (χ4v) is 1.46. The van der Waals surface area contributed by atoms with Gasteiger partial charge in [0.25, 0.3) is 0 Å². The van der Waals surface area contributed by atoms with Crippen molar-refractivity contribution in [2.45, 2.75) is 19.2 Å². The van der Waals surface area contributed by atoms with Crippen molar-refractivity contribution in [2.75, 3.05) is 13.2 Å². The number of ether oxygens (including phenoxy) is 2. The second-order valence-electron chi connectivity index (χ2n) is 3.12. The third-order valence-corrected chi connectivity index (χ3v) is 2.41. The molecule has 1 rings (SSSR count). The molecule has 1 unspecified atom stereocenters. The lowest BCUT2D eigenvalue weighted by molar-refractivity contribution is -0.142. The third-order valence-electron chi connectivity index (χ3n) is 1.98. The molecule has 0 heterocycles. The molecule has 4 heteroatoms. The standard InChI is InChI=1S/C12H15ClO3/c1-3-15-10-7-5-9(6-8-10)11(13)12(14)16-4-2/h5-8,11H,3-4H2,1-2H3. The van der Waals surface area contributed by atoms with Crippen LogP contribution in [0.25, 0.3) is 0 Å². The molecule has 1 aromatic carbocycles. The molecule has 0 aromatic heterocycles. The number of alkyl halides is 1. The van der Waals surface area contributed by atoms with Gasteiger partial charge < -0.3 is 9.47 Å². The highest BCUT2D eigenvalue weighted by molar-refractivity contribution is 6.29. The van der Waals surface area contributed by atoms with Crippen molar-refractivity contribution in [1.29, 1.82) is 0 Å². The first-order valence-corrected chi connectivity index (χ1v) is 5.66. The van der Waals surface area contributed by atoms with Gasteiger partial charge in [-0.3, -0.25) is 4.79 Å². The molecule has 0 aliphatic heterocycles. The van der Waals surface area contributed by atoms with E-state index in [0.29, 0.717) is 18.8 Å². The lowest BCUT2D eigenvalue weighted by Crippen LogP contribution is -2.10. The average Bonchev–Trinajstić information content (AvgIpc) is 2.30. The van der Waals surface area contributed by atoms with Crippen molar-refractivity contribution in [3.05, 3.63) is 29.8 Å². The molecular formula is C12H15ClO3. The summed E-state index contributed by atoms with van der Waals surface area (Å²) in [6.45, 7) is 4.61. The van der Waals surface area contributed by atoms with E-state index in [2.05, 4.69) is 0 Å². The first kappa shape index (κ1) is 12.8. The molecule has 0 radical (unpaired) electrons. The highest BCUT2D eigenvalue weighted by Gasteiger charge is 2.18. The summed E-state index contributed by atoms with van der Waals surface area (Å²) in [6, 6.07) is 7.10. The number of hydrogen-bond acceptors (Lipinski definition) is 3. The zero-order valence-electron chi connectivity index (χ0n) is 9.40. The van der Waals surface area contributed by atoms with E-state index >= 15 is 0 Å². The highest BCUT2D eigenvalue weighted by atomic mass is 35.5. The molecule has 88 valence electrons. The number of carbonyl (C=O) groups excluding carboxylic acids is 1. The van der Waals surface area contributed by atoms with Crippen molar-refractivity contribution < 1.29 is 14.3 Å². The summed E-state index contributed by atoms with van der Waals surface area (Å²) in [5, 5.41) is -0.754. The molecule has 0 aliphatic rings. The summed E-state index contributed by atoms with van der Waals surface area (Å²) >= 11 is 5.95. The zero-order chi connectivity index (χ0) is 12.0. The van der Waals surface area contributed by atoms with Crippen molar-refractivity contribution in [3.8, 4) is 5.75 Å². The van der Waals surface area contributed by atoms with Crippen molar-refractivity contribution in [3.63, 3.8) is 0 Å². The minimum absolute atomic E-state index is 0.332. The Morgan fingerprint density at radius 1 is 1.25 bits per heavy atom. The van der Waals surface area contributed by atoms with Crippen LogP contribution in [0.1, 0.15) is 24.8 Å². The number of halogens is 1. The largest absolute Gasteiger partial charge is 0.494 e. The summed E-state index contributed by atoms with van der Waals surface area (Å²) in [5.74, 6) is 0.340. The molecule has 0 amide bonds. The minimum Gasteiger partial charge on any atom is -0.494 e. The normalized spacial score (nSPS) is 11.9. The predicted octanol–water partition coefficient (Wildman–Crippen LogP) is 2.93. The van der Waals surface area contributed by atoms with Crippen LogP contribution in [-0.2, 0) is 9.53 Å². The second kappa shape index (κ2) is 6.38. The molecule has 0 N–H and O–H groups in total. The molecule has 3 nitrogen and oxygen atoms in total. The van der Waals surface area contributed by atoms with Gasteiger partial charge in [-0.25, -0.2) is 0 Å². The van der Waals surface area contributed by atoms with Gasteiger partial charge in [-0.15, -0.1) is 11.6 Å². The maximum Gasteiger partial charge on any atom is 0.328 e. The summed E-state index contributed by atoms with van der Waals surface area (Å²) in [4.78, 5) is 11.4. The van der Waals surface area contributed by atoms with Crippen LogP contribution in [0.2, 0.25) is 0 Å². The lowest BCUT2D eigenvalue weighted by Gasteiger charge is -2.09. The molecule has 16 heavy (non-hydrogen) atoms. The van der Waals surface area contributed by atoms with Gasteiger partial charge in [0.15, 0.2) is 5.38 Å². The summed E-state index contributed by atoms with van der Waals surface area (Å²) in [5.41, 5.74) is 0.712. The van der Waals surface area contributed by atoms with E-state index in [4.69, 9.17) is 21.1 Å². The van der Waals surface area contributed by atoms with Gasteiger partial charge in [-0.2, -0.15) is 0 Å². The van der Waals surface area contributed by atoms with Gasteiger partial charge in [0.2, 0.25) is 0 Å². The molecule has 1 atom stereocenters. The fraction of sp³-hybridized carbons (Fsp3) is 0.417. The average molecular weight is 243 g/mol. The van der Waals surface area contributed by atoms with E-state index in [9.17, 15) is 4.79 Å². The molecular weight excluding hydrogens is 228 g/mol. The second-order valence-corrected chi connectivity index (χ2v) is 3.55. The van der Waals surface area contributed by atoms with Crippen LogP contribution in [-0.4, -0.2) is 19.2 Å². The van der Waals surface area contributed by atoms with Crippen LogP contribution in [0, 0.1) is 0 Å². The van der Waals surface area contributed by atoms with Crippen LogP contribution < -0.4 is 4.74 Å². The van der Waals surface area contributed by atoms with E-state index in [0.717, 1.165) is 5.75 Å². The summed E-state index contributed by atoms with van der Waals surface area (Å²) in [6.07, 6.45) is 0. The van der Waals surface area contributed by atoms with Gasteiger partial charge >= 0.3 is 5.97 Å². The SMILES string of the molecule is CCOC(=O)C(Cl)c1ccc(OCC)cc1. The Balaban J connectivity index is 2.69. The topological polar surface area (TPSA) is 35.5 Å². The van der Waals surface area contributed by atoms with Crippen molar-refractivity contribution in [1.82, 2.24) is 0 Å². The van der Waals surface area contributed by atoms with E-state index < -0.39 is 11.3 Å². The number of carbonyl (C=O) groups is 1. The summed E-state index contributed by atoms with van der Waals surface area (Å²) < 4.78 is 10.1. The first-order chi connectivity index (χ1) is 7.69. The number of benzene rings is 1. The Kier molecular flexibility index (Phi) is 5.12. The Hall–Kier alpha value is -1.22. The van der Waals surface area contributed by atoms with Crippen molar-refractivity contribution >= 4 is 17.6 Å². The van der Waals surface area contributed by atoms with Crippen LogP contribution >= 0.6 is 11.6 Å². The molecule has 0 saturated carbocycles. The smallest absolute Gasteiger partial charge is 0.328 e. The van der Waals surface area contributed by atoms with Gasteiger partial charge in [-0.05, 0) is 31.5 Å². The Labute approximate surface area is 100 Å². The van der Waals surface area contributed by atoms with Crippen LogP contribution in [0.3, 0.4) is 0 Å². The molecule has 0 aliphatic carbocycles. The minimum atomic E-state index is -0.754. The van der Waals surface area contributed by atoms with Gasteiger partial charge in [0, 0.05) is 0 Å². The maximum atomic E-state index is 11.4. The Morgan fingerprint density at radius 3 is 2.38 bits per heavy atom. The maximum absolute atomic E-state index is 11.4. The number of rotatable bonds is 5. The molecule has 1 aromatic rings. The Morgan fingerprint density at radius 2 is 1.88 bits per heavy atom. The monoisotopic (exact) mass is 242 g/mol. The van der Waals surface area contributed by atoms with Gasteiger partial charge in [0.1, 0.15) is 5.75 Å². The predicted molar refractivity (Wildman–Crippen MR) is 62.8 cm³/mol. The van der Waals surface area contributed by atoms with Gasteiger partial charge in [0.05, 0.1) is 13.2 Å². The molecule has 0 spiro atoms. The van der Waals surface area contributed by atoms with E-state index in [1.807, 2.05) is 6.92 Å². The fourth-order valence-electron chi connectivity index (χ4n) is 1.25. The molecule has 0 bridgehead atoms. The van der Waals surface area contributed by atoms with E-state index in [1.54, 1.807) is 31.2 Å². The lowest BCUT2D eigenvalue weighted by atomic mass is 10.1. The van der Waals surface area contributed by atoms with Crippen LogP contribution in [0.5, 0.6) is 5.75 Å². The zero-order valence-corrected chi connectivity index (χ0v) is 10.2. The highest BCUT2D eigenvalue weighted by Crippen LogP contribution is 2.24. The van der Waals surface area contributed by atoms with E-state index in [-0.39, 0.29) is 0 Å². The summed E-state index contributed by atoms with van der Waals surface area (Å²) in [7, 11) is 0. The Bertz CT molecular complexity index is 335. The first-order valence-electron chi connectivity index (χ1n) is 5.22. The molecule has 0 fully saturated rings. The van der Waals surface area contributed by atoms with Crippen LogP contribution in [0.4, 0.5) is 0 Å². The van der Waals surface area contributed by atoms with Crippen molar-refractivity contribution in [2.24, 2.45) is 0 Å². The molecule has 0 saturated heterocycles. The number of esters is 1. The third kappa shape index (κ3) is 3.42. The number of hydrogen-bond donors (Lipinski definition) is 0. The van der Waals surface area contributed by atoms with Crippen LogP contribution in [0.15, 0.2) is 24.3 Å². The van der Waals surface area contributed by atoms with E-state index in [1.165, 1.54) is 0 Å². The van der Waals surface area contributed by atoms with Gasteiger partial charge in [-0.1, -0.05) is 12.1 Å².